The summed E-state index contributed by atoms with van der Waals surface area (Å²) < 4.78 is 5.04. The molecule has 2 aliphatic rings. The van der Waals surface area contributed by atoms with Crippen LogP contribution in [-0.2, 0) is 16.0 Å². The molecule has 7 nitrogen and oxygen atoms in total. The molecule has 0 saturated heterocycles. The fourth-order valence-electron chi connectivity index (χ4n) is 4.36. The second kappa shape index (κ2) is 8.63. The highest BCUT2D eigenvalue weighted by Gasteiger charge is 2.38. The third kappa shape index (κ3) is 4.45. The number of phenols is 1. The van der Waals surface area contributed by atoms with E-state index in [1.807, 2.05) is 18.2 Å². The Morgan fingerprint density at radius 1 is 1.19 bits per heavy atom. The number of fused-ring (bicyclic) bond motifs is 1. The number of hydrogen-bond acceptors (Lipinski definition) is 6. The molecule has 1 heterocycles. The van der Waals surface area contributed by atoms with Crippen LogP contribution < -0.4 is 15.5 Å². The lowest BCUT2D eigenvalue weighted by Crippen LogP contribution is -2.47. The minimum absolute atomic E-state index is 0.00536. The Kier molecular flexibility index (Phi) is 5.75. The maximum absolute atomic E-state index is 12.6. The summed E-state index contributed by atoms with van der Waals surface area (Å²) in [4.78, 5) is 24.9. The van der Waals surface area contributed by atoms with Crippen LogP contribution in [0.25, 0.3) is 5.70 Å². The van der Waals surface area contributed by atoms with Gasteiger partial charge in [-0.1, -0.05) is 37.1 Å². The molecular formula is C24H25N3O4. The number of ether oxygens (including phenoxy) is 1. The first-order chi connectivity index (χ1) is 15.0. The quantitative estimate of drug-likeness (QED) is 0.299. The number of nitrogens with zero attached hydrogens (tertiary/aromatic N) is 1. The summed E-state index contributed by atoms with van der Waals surface area (Å²) in [5, 5.41) is 17.0. The van der Waals surface area contributed by atoms with Gasteiger partial charge in [-0.2, -0.15) is 5.10 Å². The predicted octanol–water partition coefficient (Wildman–Crippen LogP) is 2.92. The van der Waals surface area contributed by atoms with Crippen molar-refractivity contribution in [2.75, 3.05) is 7.11 Å². The van der Waals surface area contributed by atoms with Gasteiger partial charge in [-0.3, -0.25) is 9.59 Å². The van der Waals surface area contributed by atoms with Gasteiger partial charge < -0.3 is 15.2 Å². The van der Waals surface area contributed by atoms with Gasteiger partial charge in [0.15, 0.2) is 11.5 Å². The van der Waals surface area contributed by atoms with Gasteiger partial charge >= 0.3 is 5.91 Å². The van der Waals surface area contributed by atoms with E-state index in [1.165, 1.54) is 31.0 Å². The lowest BCUT2D eigenvalue weighted by Gasteiger charge is -2.38. The molecule has 1 spiro atoms. The molecule has 31 heavy (non-hydrogen) atoms. The van der Waals surface area contributed by atoms with Crippen LogP contribution in [0.3, 0.4) is 0 Å². The van der Waals surface area contributed by atoms with Crippen molar-refractivity contribution in [1.82, 2.24) is 10.7 Å². The Morgan fingerprint density at radius 3 is 2.74 bits per heavy atom. The smallest absolute Gasteiger partial charge is 0.311 e. The first kappa shape index (κ1) is 20.7. The largest absolute Gasteiger partial charge is 0.504 e. The highest BCUT2D eigenvalue weighted by atomic mass is 16.5. The molecule has 2 aromatic carbocycles. The Balaban J connectivity index is 1.48. The zero-order valence-electron chi connectivity index (χ0n) is 17.4. The van der Waals surface area contributed by atoms with E-state index in [4.69, 9.17) is 4.74 Å². The highest BCUT2D eigenvalue weighted by Crippen LogP contribution is 2.39. The average molecular weight is 419 g/mol. The second-order valence-corrected chi connectivity index (χ2v) is 8.00. The van der Waals surface area contributed by atoms with Gasteiger partial charge in [0.1, 0.15) is 0 Å². The number of nitrogens with one attached hydrogen (secondary N) is 2. The number of amides is 1. The standard InChI is InChI=1S/C24H25N3O4/c1-31-22-12-16(8-9-20(22)28)15-25-27-23(30)21(29)13-19-18-7-3-2-6-17(18)14-24(26-19)10-4-5-11-24/h2-3,6-9,12-13,15,26,28H,4-5,10-11,14H2,1H3,(H,27,30)/b19-13-,25-15+. The molecule has 1 saturated carbocycles. The first-order valence-corrected chi connectivity index (χ1v) is 10.3. The number of benzene rings is 2. The zero-order chi connectivity index (χ0) is 21.8. The Labute approximate surface area is 180 Å². The minimum atomic E-state index is -0.820. The van der Waals surface area contributed by atoms with E-state index in [2.05, 4.69) is 21.9 Å². The summed E-state index contributed by atoms with van der Waals surface area (Å²) in [5.74, 6) is -1.20. The molecule has 4 rings (SSSR count). The molecule has 0 aromatic heterocycles. The molecule has 3 N–H and O–H groups in total. The van der Waals surface area contributed by atoms with Gasteiger partial charge in [-0.05, 0) is 48.6 Å². The lowest BCUT2D eigenvalue weighted by molar-refractivity contribution is -0.135. The molecule has 0 unspecified atom stereocenters. The maximum atomic E-state index is 12.6. The number of carbonyl (C=O) groups is 2. The number of methoxy groups -OCH3 is 1. The van der Waals surface area contributed by atoms with E-state index < -0.39 is 11.7 Å². The van der Waals surface area contributed by atoms with E-state index in [1.54, 1.807) is 12.1 Å². The molecule has 7 heteroatoms. The Hall–Kier alpha value is -3.61. The van der Waals surface area contributed by atoms with Gasteiger partial charge in [0.2, 0.25) is 5.78 Å². The molecular weight excluding hydrogens is 394 g/mol. The van der Waals surface area contributed by atoms with E-state index in [0.717, 1.165) is 37.7 Å². The SMILES string of the molecule is COc1cc(/C=N/NC(=O)C(=O)/C=C2\NC3(CCCC3)Cc3ccccc32)ccc1O. The molecule has 1 aliphatic carbocycles. The molecule has 0 bridgehead atoms. The van der Waals surface area contributed by atoms with Crippen LogP contribution in [0.4, 0.5) is 0 Å². The predicted molar refractivity (Wildman–Crippen MR) is 118 cm³/mol. The summed E-state index contributed by atoms with van der Waals surface area (Å²) in [6.45, 7) is 0. The summed E-state index contributed by atoms with van der Waals surface area (Å²) in [6.07, 6.45) is 8.11. The molecule has 1 fully saturated rings. The summed E-state index contributed by atoms with van der Waals surface area (Å²) in [7, 11) is 1.44. The van der Waals surface area contributed by atoms with Crippen molar-refractivity contribution >= 4 is 23.6 Å². The number of hydrogen-bond donors (Lipinski definition) is 3. The van der Waals surface area contributed by atoms with Gasteiger partial charge in [-0.15, -0.1) is 0 Å². The van der Waals surface area contributed by atoms with Crippen molar-refractivity contribution < 1.29 is 19.4 Å². The second-order valence-electron chi connectivity index (χ2n) is 8.00. The van der Waals surface area contributed by atoms with Crippen molar-refractivity contribution in [3.05, 3.63) is 65.2 Å². The molecule has 2 aromatic rings. The molecule has 160 valence electrons. The topological polar surface area (TPSA) is 100 Å². The zero-order valence-corrected chi connectivity index (χ0v) is 17.4. The van der Waals surface area contributed by atoms with Crippen molar-refractivity contribution in [2.24, 2.45) is 5.10 Å². The Morgan fingerprint density at radius 2 is 1.97 bits per heavy atom. The van der Waals surface area contributed by atoms with Crippen molar-refractivity contribution in [3.8, 4) is 11.5 Å². The van der Waals surface area contributed by atoms with Crippen molar-refractivity contribution in [2.45, 2.75) is 37.6 Å². The maximum Gasteiger partial charge on any atom is 0.311 e. The minimum Gasteiger partial charge on any atom is -0.504 e. The third-order valence-corrected chi connectivity index (χ3v) is 5.88. The van der Waals surface area contributed by atoms with Gasteiger partial charge in [0, 0.05) is 22.9 Å². The number of hydrazone groups is 1. The van der Waals surface area contributed by atoms with Gasteiger partial charge in [-0.25, -0.2) is 5.43 Å². The highest BCUT2D eigenvalue weighted by molar-refractivity contribution is 6.41. The molecule has 1 amide bonds. The van der Waals surface area contributed by atoms with Crippen LogP contribution in [0.2, 0.25) is 0 Å². The van der Waals surface area contributed by atoms with E-state index in [0.29, 0.717) is 17.0 Å². The van der Waals surface area contributed by atoms with E-state index in [9.17, 15) is 14.7 Å². The van der Waals surface area contributed by atoms with Crippen molar-refractivity contribution in [1.29, 1.82) is 0 Å². The Bertz CT molecular complexity index is 1070. The van der Waals surface area contributed by atoms with Crippen LogP contribution in [0.1, 0.15) is 42.4 Å². The first-order valence-electron chi connectivity index (χ1n) is 10.3. The molecule has 0 radical (unpaired) electrons. The van der Waals surface area contributed by atoms with E-state index in [-0.39, 0.29) is 11.3 Å². The van der Waals surface area contributed by atoms with Crippen LogP contribution in [-0.4, -0.2) is 35.7 Å². The average Bonchev–Trinajstić information content (AvgIpc) is 3.21. The fraction of sp³-hybridized carbons (Fsp3) is 0.292. The van der Waals surface area contributed by atoms with E-state index >= 15 is 0 Å². The molecule has 1 aliphatic heterocycles. The lowest BCUT2D eigenvalue weighted by atomic mass is 9.82. The van der Waals surface area contributed by atoms with Crippen LogP contribution >= 0.6 is 0 Å². The third-order valence-electron chi connectivity index (χ3n) is 5.88. The number of aromatic hydroxyl groups is 1. The number of ketones is 1. The summed E-state index contributed by atoms with van der Waals surface area (Å²) >= 11 is 0. The number of phenolic OH excluding ortho intramolecular Hbond substituents is 1. The van der Waals surface area contributed by atoms with Crippen LogP contribution in [0, 0.1) is 0 Å². The normalized spacial score (nSPS) is 18.0. The van der Waals surface area contributed by atoms with Gasteiger partial charge in [0.05, 0.1) is 13.3 Å². The van der Waals surface area contributed by atoms with Crippen LogP contribution in [0.15, 0.2) is 53.6 Å². The summed E-state index contributed by atoms with van der Waals surface area (Å²) in [6, 6.07) is 12.6. The number of rotatable bonds is 5. The number of carbonyl (C=O) groups excluding carboxylic acids is 2. The fourth-order valence-corrected chi connectivity index (χ4v) is 4.36. The van der Waals surface area contributed by atoms with Crippen LogP contribution in [0.5, 0.6) is 11.5 Å². The molecule has 0 atom stereocenters. The van der Waals surface area contributed by atoms with Crippen molar-refractivity contribution in [3.63, 3.8) is 0 Å². The summed E-state index contributed by atoms with van der Waals surface area (Å²) in [5.41, 5.74) is 5.68. The van der Waals surface area contributed by atoms with Gasteiger partial charge in [0.25, 0.3) is 0 Å². The monoisotopic (exact) mass is 419 g/mol.